The topological polar surface area (TPSA) is 20.2 Å². The fraction of sp³-hybridized carbons (Fsp3) is 0.250. The maximum absolute atomic E-state index is 9.31. The Bertz CT molecular complexity index is 234. The first-order valence-corrected chi connectivity index (χ1v) is 3.56. The number of aryl methyl sites for hydroxylation is 1. The highest BCUT2D eigenvalue weighted by Gasteiger charge is 2.01. The lowest BCUT2D eigenvalue weighted by Gasteiger charge is -2.03. The number of benzene rings is 1. The minimum atomic E-state index is 0. The molecule has 0 atom stereocenters. The Morgan fingerprint density at radius 2 is 1.82 bits per heavy atom. The molecule has 0 aliphatic carbocycles. The van der Waals surface area contributed by atoms with Crippen LogP contribution in [0.5, 0.6) is 5.75 Å². The summed E-state index contributed by atoms with van der Waals surface area (Å²) in [6.45, 7) is 3.84. The zero-order chi connectivity index (χ0) is 7.72. The molecular formula is C8H11ClOS. The average Bonchev–Trinajstić information content (AvgIpc) is 1.93. The molecule has 0 aliphatic rings. The Morgan fingerprint density at radius 3 is 2.27 bits per heavy atom. The van der Waals surface area contributed by atoms with Gasteiger partial charge in [-0.3, -0.25) is 0 Å². The average molecular weight is 191 g/mol. The quantitative estimate of drug-likeness (QED) is 0.603. The van der Waals surface area contributed by atoms with E-state index < -0.39 is 0 Å². The number of phenolic OH excluding ortho intramolecular Hbond substituents is 1. The second-order valence-corrected chi connectivity index (χ2v) is 2.86. The third kappa shape index (κ3) is 2.04. The van der Waals surface area contributed by atoms with Crippen molar-refractivity contribution in [2.24, 2.45) is 0 Å². The SMILES string of the molecule is Cc1ccc(S)c(O)c1C.Cl. The third-order valence-corrected chi connectivity index (χ3v) is 2.04. The number of halogens is 1. The lowest BCUT2D eigenvalue weighted by molar-refractivity contribution is 0.458. The van der Waals surface area contributed by atoms with Gasteiger partial charge in [0.1, 0.15) is 5.75 Å². The molecule has 62 valence electrons. The predicted molar refractivity (Wildman–Crippen MR) is 52.1 cm³/mol. The minimum absolute atomic E-state index is 0. The molecule has 1 N–H and O–H groups in total. The van der Waals surface area contributed by atoms with Crippen LogP contribution in [0.25, 0.3) is 0 Å². The molecule has 11 heavy (non-hydrogen) atoms. The summed E-state index contributed by atoms with van der Waals surface area (Å²) in [6, 6.07) is 3.73. The molecular weight excluding hydrogens is 180 g/mol. The highest BCUT2D eigenvalue weighted by Crippen LogP contribution is 2.26. The summed E-state index contributed by atoms with van der Waals surface area (Å²) in [7, 11) is 0. The maximum Gasteiger partial charge on any atom is 0.132 e. The molecule has 1 nitrogen and oxygen atoms in total. The number of hydrogen-bond donors (Lipinski definition) is 2. The van der Waals surface area contributed by atoms with Crippen LogP contribution in [-0.2, 0) is 0 Å². The van der Waals surface area contributed by atoms with E-state index in [1.54, 1.807) is 6.07 Å². The minimum Gasteiger partial charge on any atom is -0.507 e. The van der Waals surface area contributed by atoms with Crippen molar-refractivity contribution in [1.29, 1.82) is 0 Å². The fourth-order valence-electron chi connectivity index (χ4n) is 0.787. The molecule has 1 rings (SSSR count). The van der Waals surface area contributed by atoms with Crippen molar-refractivity contribution in [3.63, 3.8) is 0 Å². The molecule has 0 aromatic heterocycles. The van der Waals surface area contributed by atoms with Crippen molar-refractivity contribution in [1.82, 2.24) is 0 Å². The first-order valence-electron chi connectivity index (χ1n) is 3.11. The van der Waals surface area contributed by atoms with Crippen LogP contribution < -0.4 is 0 Å². The van der Waals surface area contributed by atoms with Gasteiger partial charge in [0.15, 0.2) is 0 Å². The van der Waals surface area contributed by atoms with E-state index in [1.807, 2.05) is 19.9 Å². The molecule has 0 aliphatic heterocycles. The van der Waals surface area contributed by atoms with Crippen molar-refractivity contribution in [2.45, 2.75) is 18.7 Å². The van der Waals surface area contributed by atoms with E-state index in [0.29, 0.717) is 10.6 Å². The van der Waals surface area contributed by atoms with Crippen LogP contribution in [0.2, 0.25) is 0 Å². The Morgan fingerprint density at radius 1 is 1.27 bits per heavy atom. The molecule has 0 heterocycles. The first-order chi connectivity index (χ1) is 4.63. The molecule has 1 aromatic rings. The number of thiol groups is 1. The van der Waals surface area contributed by atoms with Gasteiger partial charge in [-0.25, -0.2) is 0 Å². The maximum atomic E-state index is 9.31. The predicted octanol–water partition coefficient (Wildman–Crippen LogP) is 2.72. The molecule has 0 saturated heterocycles. The standard InChI is InChI=1S/C8H10OS.ClH/c1-5-3-4-7(10)8(9)6(5)2;/h3-4,9-10H,1-2H3;1H. The summed E-state index contributed by atoms with van der Waals surface area (Å²) in [5.74, 6) is 0.295. The van der Waals surface area contributed by atoms with Crippen molar-refractivity contribution in [2.75, 3.05) is 0 Å². The monoisotopic (exact) mass is 190 g/mol. The Hall–Kier alpha value is -0.340. The van der Waals surface area contributed by atoms with Gasteiger partial charge in [-0.2, -0.15) is 0 Å². The van der Waals surface area contributed by atoms with Crippen molar-refractivity contribution < 1.29 is 5.11 Å². The van der Waals surface area contributed by atoms with Crippen LogP contribution in [0.1, 0.15) is 11.1 Å². The van der Waals surface area contributed by atoms with Crippen LogP contribution in [-0.4, -0.2) is 5.11 Å². The van der Waals surface area contributed by atoms with E-state index in [-0.39, 0.29) is 12.4 Å². The Balaban J connectivity index is 0.000001000. The molecule has 0 unspecified atom stereocenters. The molecule has 0 bridgehead atoms. The number of rotatable bonds is 0. The van der Waals surface area contributed by atoms with Crippen LogP contribution in [0, 0.1) is 13.8 Å². The molecule has 0 radical (unpaired) electrons. The second-order valence-electron chi connectivity index (χ2n) is 2.38. The van der Waals surface area contributed by atoms with Crippen molar-refractivity contribution >= 4 is 25.0 Å². The summed E-state index contributed by atoms with van der Waals surface area (Å²) in [6.07, 6.45) is 0. The van der Waals surface area contributed by atoms with Crippen LogP contribution in [0.15, 0.2) is 17.0 Å². The summed E-state index contributed by atoms with van der Waals surface area (Å²) < 4.78 is 0. The van der Waals surface area contributed by atoms with E-state index >= 15 is 0 Å². The van der Waals surface area contributed by atoms with Gasteiger partial charge in [-0.05, 0) is 31.0 Å². The van der Waals surface area contributed by atoms with Crippen molar-refractivity contribution in [3.05, 3.63) is 23.3 Å². The normalized spacial score (nSPS) is 9.00. The van der Waals surface area contributed by atoms with Gasteiger partial charge in [0.05, 0.1) is 0 Å². The zero-order valence-corrected chi connectivity index (χ0v) is 8.17. The smallest absolute Gasteiger partial charge is 0.132 e. The number of aromatic hydroxyl groups is 1. The van der Waals surface area contributed by atoms with Gasteiger partial charge in [-0.15, -0.1) is 25.0 Å². The van der Waals surface area contributed by atoms with E-state index in [9.17, 15) is 5.11 Å². The van der Waals surface area contributed by atoms with E-state index in [0.717, 1.165) is 11.1 Å². The van der Waals surface area contributed by atoms with Gasteiger partial charge in [0.2, 0.25) is 0 Å². The van der Waals surface area contributed by atoms with E-state index in [2.05, 4.69) is 12.6 Å². The summed E-state index contributed by atoms with van der Waals surface area (Å²) in [5, 5.41) is 9.31. The van der Waals surface area contributed by atoms with Gasteiger partial charge < -0.3 is 5.11 Å². The van der Waals surface area contributed by atoms with Gasteiger partial charge >= 0.3 is 0 Å². The van der Waals surface area contributed by atoms with Crippen LogP contribution in [0.4, 0.5) is 0 Å². The van der Waals surface area contributed by atoms with Crippen LogP contribution >= 0.6 is 25.0 Å². The lowest BCUT2D eigenvalue weighted by atomic mass is 10.1. The first kappa shape index (κ1) is 10.7. The molecule has 3 heteroatoms. The lowest BCUT2D eigenvalue weighted by Crippen LogP contribution is -1.81. The summed E-state index contributed by atoms with van der Waals surface area (Å²) in [4.78, 5) is 0.642. The Kier molecular flexibility index (Phi) is 3.76. The largest absolute Gasteiger partial charge is 0.507 e. The second kappa shape index (κ2) is 3.88. The highest BCUT2D eigenvalue weighted by molar-refractivity contribution is 7.80. The van der Waals surface area contributed by atoms with Gasteiger partial charge in [-0.1, -0.05) is 6.07 Å². The zero-order valence-electron chi connectivity index (χ0n) is 6.46. The van der Waals surface area contributed by atoms with Gasteiger partial charge in [0.25, 0.3) is 0 Å². The molecule has 0 saturated carbocycles. The van der Waals surface area contributed by atoms with E-state index in [4.69, 9.17) is 0 Å². The third-order valence-electron chi connectivity index (χ3n) is 1.68. The Labute approximate surface area is 78.3 Å². The van der Waals surface area contributed by atoms with Crippen molar-refractivity contribution in [3.8, 4) is 5.75 Å². The van der Waals surface area contributed by atoms with Gasteiger partial charge in [0, 0.05) is 4.90 Å². The molecule has 0 spiro atoms. The number of hydrogen-bond acceptors (Lipinski definition) is 2. The fourth-order valence-corrected chi connectivity index (χ4v) is 1.03. The summed E-state index contributed by atoms with van der Waals surface area (Å²) >= 11 is 4.06. The molecule has 1 aromatic carbocycles. The summed E-state index contributed by atoms with van der Waals surface area (Å²) in [5.41, 5.74) is 2.00. The van der Waals surface area contributed by atoms with E-state index in [1.165, 1.54) is 0 Å². The molecule has 0 fully saturated rings. The number of phenols is 1. The molecule has 0 amide bonds. The van der Waals surface area contributed by atoms with Crippen LogP contribution in [0.3, 0.4) is 0 Å². The highest BCUT2D eigenvalue weighted by atomic mass is 35.5.